The van der Waals surface area contributed by atoms with Crippen LogP contribution in [-0.2, 0) is 13.5 Å². The van der Waals surface area contributed by atoms with E-state index < -0.39 is 0 Å². The molecule has 0 saturated heterocycles. The Balaban J connectivity index is 2.14. The molecule has 0 radical (unpaired) electrons. The van der Waals surface area contributed by atoms with Crippen LogP contribution in [0.4, 0.5) is 0 Å². The lowest BCUT2D eigenvalue weighted by Crippen LogP contribution is -2.39. The first-order valence-corrected chi connectivity index (χ1v) is 7.92. The first kappa shape index (κ1) is 14.2. The van der Waals surface area contributed by atoms with Crippen LogP contribution >= 0.6 is 0 Å². The summed E-state index contributed by atoms with van der Waals surface area (Å²) in [5.41, 5.74) is 5.90. The van der Waals surface area contributed by atoms with Gasteiger partial charge in [-0.1, -0.05) is 25.0 Å². The molecule has 1 amide bonds. The van der Waals surface area contributed by atoms with Crippen molar-refractivity contribution in [3.05, 3.63) is 34.5 Å². The van der Waals surface area contributed by atoms with E-state index in [1.165, 1.54) is 27.6 Å². The second kappa shape index (κ2) is 5.21. The summed E-state index contributed by atoms with van der Waals surface area (Å²) >= 11 is 0. The number of aryl methyl sites for hydroxylation is 3. The molecule has 0 bridgehead atoms. The lowest BCUT2D eigenvalue weighted by molar-refractivity contribution is 0.0728. The highest BCUT2D eigenvalue weighted by Gasteiger charge is 2.29. The third kappa shape index (κ3) is 2.15. The van der Waals surface area contributed by atoms with Gasteiger partial charge in [0.1, 0.15) is 5.69 Å². The summed E-state index contributed by atoms with van der Waals surface area (Å²) in [5, 5.41) is 1.27. The topological polar surface area (TPSA) is 25.2 Å². The minimum atomic E-state index is 0.209. The van der Waals surface area contributed by atoms with Crippen LogP contribution in [0.1, 0.15) is 46.9 Å². The molecule has 112 valence electrons. The van der Waals surface area contributed by atoms with Gasteiger partial charge in [-0.2, -0.15) is 0 Å². The Morgan fingerprint density at radius 1 is 1.24 bits per heavy atom. The van der Waals surface area contributed by atoms with Crippen LogP contribution in [0.3, 0.4) is 0 Å². The molecule has 21 heavy (non-hydrogen) atoms. The highest BCUT2D eigenvalue weighted by atomic mass is 16.2. The maximum Gasteiger partial charge on any atom is 0.270 e. The molecule has 2 aromatic rings. The molecule has 2 heterocycles. The molecule has 0 N–H and O–H groups in total. The Kier molecular flexibility index (Phi) is 3.52. The van der Waals surface area contributed by atoms with Crippen LogP contribution < -0.4 is 0 Å². The van der Waals surface area contributed by atoms with Crippen molar-refractivity contribution in [2.45, 2.75) is 40.0 Å². The molecule has 3 nitrogen and oxygen atoms in total. The number of aromatic nitrogens is 1. The fourth-order valence-corrected chi connectivity index (χ4v) is 3.66. The van der Waals surface area contributed by atoms with E-state index >= 15 is 0 Å². The van der Waals surface area contributed by atoms with E-state index in [1.807, 2.05) is 11.9 Å². The fraction of sp³-hybridized carbons (Fsp3) is 0.500. The van der Waals surface area contributed by atoms with Crippen molar-refractivity contribution in [1.29, 1.82) is 0 Å². The van der Waals surface area contributed by atoms with Crippen molar-refractivity contribution in [3.63, 3.8) is 0 Å². The third-order valence-corrected chi connectivity index (χ3v) is 4.63. The first-order chi connectivity index (χ1) is 10.0. The van der Waals surface area contributed by atoms with Gasteiger partial charge in [-0.25, -0.2) is 0 Å². The van der Waals surface area contributed by atoms with Crippen molar-refractivity contribution in [2.24, 2.45) is 7.05 Å². The number of fused-ring (bicyclic) bond motifs is 3. The van der Waals surface area contributed by atoms with Gasteiger partial charge in [-0.15, -0.1) is 0 Å². The third-order valence-electron chi connectivity index (χ3n) is 4.63. The minimum Gasteiger partial charge on any atom is -0.339 e. The number of hydrogen-bond acceptors (Lipinski definition) is 1. The van der Waals surface area contributed by atoms with E-state index in [-0.39, 0.29) is 5.91 Å². The highest BCUT2D eigenvalue weighted by molar-refractivity contribution is 6.03. The number of carbonyl (C=O) groups is 1. The van der Waals surface area contributed by atoms with E-state index in [0.29, 0.717) is 0 Å². The molecule has 0 saturated carbocycles. The summed E-state index contributed by atoms with van der Waals surface area (Å²) in [6, 6.07) is 4.43. The summed E-state index contributed by atoms with van der Waals surface area (Å²) in [6.07, 6.45) is 3.19. The van der Waals surface area contributed by atoms with E-state index in [9.17, 15) is 4.79 Å². The molecule has 0 atom stereocenters. The van der Waals surface area contributed by atoms with Gasteiger partial charge in [-0.05, 0) is 43.9 Å². The summed E-state index contributed by atoms with van der Waals surface area (Å²) in [5.74, 6) is 0.209. The van der Waals surface area contributed by atoms with Gasteiger partial charge >= 0.3 is 0 Å². The van der Waals surface area contributed by atoms with Gasteiger partial charge < -0.3 is 9.47 Å². The largest absolute Gasteiger partial charge is 0.339 e. The monoisotopic (exact) mass is 284 g/mol. The normalized spacial score (nSPS) is 14.9. The summed E-state index contributed by atoms with van der Waals surface area (Å²) in [7, 11) is 2.03. The molecular formula is C18H24N2O. The predicted octanol–water partition coefficient (Wildman–Crippen LogP) is 3.59. The van der Waals surface area contributed by atoms with Crippen molar-refractivity contribution in [2.75, 3.05) is 13.1 Å². The zero-order valence-corrected chi connectivity index (χ0v) is 13.5. The maximum absolute atomic E-state index is 12.8. The van der Waals surface area contributed by atoms with Gasteiger partial charge in [-0.3, -0.25) is 4.79 Å². The molecule has 0 fully saturated rings. The van der Waals surface area contributed by atoms with Gasteiger partial charge in [0.05, 0.1) is 5.52 Å². The number of hydrogen-bond donors (Lipinski definition) is 0. The Morgan fingerprint density at radius 2 is 2.00 bits per heavy atom. The van der Waals surface area contributed by atoms with E-state index in [1.54, 1.807) is 0 Å². The number of unbranched alkanes of at least 4 members (excludes halogenated alkanes) is 1. The number of carbonyl (C=O) groups excluding carboxylic acids is 1. The quantitative estimate of drug-likeness (QED) is 0.845. The molecule has 3 rings (SSSR count). The predicted molar refractivity (Wildman–Crippen MR) is 86.9 cm³/mol. The van der Waals surface area contributed by atoms with Crippen LogP contribution in [0.5, 0.6) is 0 Å². The van der Waals surface area contributed by atoms with Crippen molar-refractivity contribution >= 4 is 16.8 Å². The molecule has 0 aliphatic carbocycles. The van der Waals surface area contributed by atoms with Crippen molar-refractivity contribution in [1.82, 2.24) is 9.47 Å². The van der Waals surface area contributed by atoms with Crippen LogP contribution in [0.25, 0.3) is 10.9 Å². The summed E-state index contributed by atoms with van der Waals surface area (Å²) < 4.78 is 2.11. The molecule has 0 unspecified atom stereocenters. The van der Waals surface area contributed by atoms with Gasteiger partial charge in [0.15, 0.2) is 0 Å². The van der Waals surface area contributed by atoms with Crippen LogP contribution in [0.15, 0.2) is 12.1 Å². The fourth-order valence-electron chi connectivity index (χ4n) is 3.66. The van der Waals surface area contributed by atoms with Gasteiger partial charge in [0, 0.05) is 25.5 Å². The van der Waals surface area contributed by atoms with Crippen LogP contribution in [0.2, 0.25) is 0 Å². The zero-order chi connectivity index (χ0) is 15.1. The molecule has 1 aliphatic rings. The SMILES string of the molecule is CCCCN1CCc2c(n(C)c3c(C)cc(C)cc23)C1=O. The Hall–Kier alpha value is -1.77. The lowest BCUT2D eigenvalue weighted by atomic mass is 10.00. The van der Waals surface area contributed by atoms with Crippen molar-refractivity contribution < 1.29 is 4.79 Å². The van der Waals surface area contributed by atoms with E-state index in [4.69, 9.17) is 0 Å². The second-order valence-corrected chi connectivity index (χ2v) is 6.26. The average molecular weight is 284 g/mol. The number of amides is 1. The molecule has 0 spiro atoms. The van der Waals surface area contributed by atoms with Gasteiger partial charge in [0.25, 0.3) is 5.91 Å². The lowest BCUT2D eigenvalue weighted by Gasteiger charge is -2.27. The average Bonchev–Trinajstić information content (AvgIpc) is 2.72. The standard InChI is InChI=1S/C18H24N2O/c1-5-6-8-20-9-7-14-15-11-12(2)10-13(3)16(15)19(4)17(14)18(20)21/h10-11H,5-9H2,1-4H3. The zero-order valence-electron chi connectivity index (χ0n) is 13.5. The van der Waals surface area contributed by atoms with Crippen LogP contribution in [0, 0.1) is 13.8 Å². The second-order valence-electron chi connectivity index (χ2n) is 6.26. The molecule has 1 aromatic heterocycles. The maximum atomic E-state index is 12.8. The molecule has 3 heteroatoms. The number of benzene rings is 1. The molecule has 1 aliphatic heterocycles. The summed E-state index contributed by atoms with van der Waals surface area (Å²) in [6.45, 7) is 8.18. The number of nitrogens with zero attached hydrogens (tertiary/aromatic N) is 2. The Bertz CT molecular complexity index is 712. The smallest absolute Gasteiger partial charge is 0.270 e. The minimum absolute atomic E-state index is 0.209. The Labute approximate surface area is 126 Å². The van der Waals surface area contributed by atoms with Gasteiger partial charge in [0.2, 0.25) is 0 Å². The molecule has 1 aromatic carbocycles. The highest BCUT2D eigenvalue weighted by Crippen LogP contribution is 2.32. The molecular weight excluding hydrogens is 260 g/mol. The van der Waals surface area contributed by atoms with Crippen LogP contribution in [-0.4, -0.2) is 28.5 Å². The first-order valence-electron chi connectivity index (χ1n) is 7.92. The van der Waals surface area contributed by atoms with Crippen molar-refractivity contribution in [3.8, 4) is 0 Å². The number of rotatable bonds is 3. The van der Waals surface area contributed by atoms with E-state index in [0.717, 1.165) is 38.0 Å². The Morgan fingerprint density at radius 3 is 2.71 bits per heavy atom. The summed E-state index contributed by atoms with van der Waals surface area (Å²) in [4.78, 5) is 14.8. The van der Waals surface area contributed by atoms with E-state index in [2.05, 4.69) is 37.5 Å².